The van der Waals surface area contributed by atoms with E-state index in [4.69, 9.17) is 0 Å². The number of aryl methyl sites for hydroxylation is 1. The maximum Gasteiger partial charge on any atom is 0.164 e. The van der Waals surface area contributed by atoms with Gasteiger partial charge in [0.05, 0.1) is 11.3 Å². The molecule has 0 unspecified atom stereocenters. The molecule has 1 aromatic carbocycles. The van der Waals surface area contributed by atoms with Gasteiger partial charge in [0.25, 0.3) is 0 Å². The zero-order valence-corrected chi connectivity index (χ0v) is 12.6. The van der Waals surface area contributed by atoms with Crippen LogP contribution in [0.3, 0.4) is 0 Å². The lowest BCUT2D eigenvalue weighted by Crippen LogP contribution is -2.03. The Kier molecular flexibility index (Phi) is 4.14. The maximum atomic E-state index is 11.5. The van der Waals surface area contributed by atoms with Crippen LogP contribution in [0.15, 0.2) is 28.7 Å². The molecule has 94 valence electrons. The molecule has 1 heterocycles. The molecule has 0 amide bonds. The summed E-state index contributed by atoms with van der Waals surface area (Å²) in [5.74, 6) is 0.0551. The van der Waals surface area contributed by atoms with Crippen LogP contribution in [-0.2, 0) is 6.54 Å². The molecule has 0 aliphatic rings. The van der Waals surface area contributed by atoms with Crippen molar-refractivity contribution in [2.24, 2.45) is 0 Å². The Morgan fingerprint density at radius 1 is 1.39 bits per heavy atom. The quantitative estimate of drug-likeness (QED) is 0.863. The van der Waals surface area contributed by atoms with Crippen molar-refractivity contribution in [3.8, 4) is 0 Å². The van der Waals surface area contributed by atoms with Gasteiger partial charge in [0.15, 0.2) is 5.78 Å². The summed E-state index contributed by atoms with van der Waals surface area (Å²) in [4.78, 5) is 11.5. The molecule has 0 saturated carbocycles. The van der Waals surface area contributed by atoms with Gasteiger partial charge in [-0.3, -0.25) is 4.79 Å². The zero-order chi connectivity index (χ0) is 13.1. The molecule has 2 aromatic rings. The van der Waals surface area contributed by atoms with Crippen molar-refractivity contribution < 1.29 is 4.79 Å². The van der Waals surface area contributed by atoms with Crippen LogP contribution in [0.25, 0.3) is 0 Å². The van der Waals surface area contributed by atoms with E-state index >= 15 is 0 Å². The van der Waals surface area contributed by atoms with Gasteiger partial charge in [-0.05, 0) is 43.1 Å². The lowest BCUT2D eigenvalue weighted by molar-refractivity contribution is 0.101. The molecular weight excluding hydrogens is 312 g/mol. The van der Waals surface area contributed by atoms with Crippen LogP contribution in [0, 0.1) is 6.92 Å². The lowest BCUT2D eigenvalue weighted by Gasteiger charge is -2.05. The molecule has 0 aliphatic carbocycles. The van der Waals surface area contributed by atoms with Gasteiger partial charge in [-0.2, -0.15) is 4.37 Å². The SMILES string of the molecule is CC(=O)c1c(C)nsc1NCc1ccc(Br)cc1. The average Bonchev–Trinajstić information content (AvgIpc) is 2.70. The first-order chi connectivity index (χ1) is 8.58. The molecule has 0 atom stereocenters. The van der Waals surface area contributed by atoms with Crippen molar-refractivity contribution in [3.05, 3.63) is 45.6 Å². The Labute approximate surface area is 119 Å². The van der Waals surface area contributed by atoms with Crippen molar-refractivity contribution in [2.75, 3.05) is 5.32 Å². The fourth-order valence-corrected chi connectivity index (χ4v) is 2.79. The Balaban J connectivity index is 2.11. The number of hydrogen-bond acceptors (Lipinski definition) is 4. The summed E-state index contributed by atoms with van der Waals surface area (Å²) in [7, 11) is 0. The largest absolute Gasteiger partial charge is 0.371 e. The number of aromatic nitrogens is 1. The third-order valence-corrected chi connectivity index (χ3v) is 4.01. The minimum atomic E-state index is 0.0551. The highest BCUT2D eigenvalue weighted by atomic mass is 79.9. The molecule has 0 radical (unpaired) electrons. The summed E-state index contributed by atoms with van der Waals surface area (Å²) in [6.45, 7) is 4.12. The molecule has 1 aromatic heterocycles. The number of carbonyl (C=O) groups excluding carboxylic acids is 1. The van der Waals surface area contributed by atoms with E-state index in [0.717, 1.165) is 15.2 Å². The summed E-state index contributed by atoms with van der Waals surface area (Å²) in [5.41, 5.74) is 2.67. The molecule has 18 heavy (non-hydrogen) atoms. The molecule has 0 spiro atoms. The van der Waals surface area contributed by atoms with Crippen LogP contribution in [-0.4, -0.2) is 10.2 Å². The minimum Gasteiger partial charge on any atom is -0.371 e. The summed E-state index contributed by atoms with van der Waals surface area (Å²) < 4.78 is 5.27. The van der Waals surface area contributed by atoms with Gasteiger partial charge in [-0.1, -0.05) is 28.1 Å². The molecule has 3 nitrogen and oxygen atoms in total. The fourth-order valence-electron chi connectivity index (χ4n) is 1.69. The monoisotopic (exact) mass is 324 g/mol. The van der Waals surface area contributed by atoms with E-state index in [1.165, 1.54) is 17.1 Å². The summed E-state index contributed by atoms with van der Waals surface area (Å²) in [6.07, 6.45) is 0. The van der Waals surface area contributed by atoms with Crippen LogP contribution < -0.4 is 5.32 Å². The van der Waals surface area contributed by atoms with E-state index in [1.807, 2.05) is 31.2 Å². The Morgan fingerprint density at radius 2 is 2.06 bits per heavy atom. The lowest BCUT2D eigenvalue weighted by atomic mass is 10.2. The predicted octanol–water partition coefficient (Wildman–Crippen LogP) is 4.03. The molecular formula is C13H13BrN2OS. The topological polar surface area (TPSA) is 42.0 Å². The highest BCUT2D eigenvalue weighted by molar-refractivity contribution is 9.10. The molecule has 5 heteroatoms. The number of hydrogen-bond donors (Lipinski definition) is 1. The standard InChI is InChI=1S/C13H13BrN2OS/c1-8-12(9(2)17)13(18-16-8)15-7-10-3-5-11(14)6-4-10/h3-6,15H,7H2,1-2H3. The number of nitrogens with zero attached hydrogens (tertiary/aromatic N) is 1. The summed E-state index contributed by atoms with van der Waals surface area (Å²) in [6, 6.07) is 8.08. The van der Waals surface area contributed by atoms with Crippen molar-refractivity contribution in [1.82, 2.24) is 4.37 Å². The number of halogens is 1. The van der Waals surface area contributed by atoms with Crippen LogP contribution >= 0.6 is 27.5 Å². The van der Waals surface area contributed by atoms with Gasteiger partial charge >= 0.3 is 0 Å². The van der Waals surface area contributed by atoms with Crippen molar-refractivity contribution in [1.29, 1.82) is 0 Å². The first kappa shape index (κ1) is 13.2. The number of ketones is 1. The van der Waals surface area contributed by atoms with Gasteiger partial charge < -0.3 is 5.32 Å². The van der Waals surface area contributed by atoms with Crippen LogP contribution in [0.5, 0.6) is 0 Å². The number of nitrogens with one attached hydrogen (secondary N) is 1. The normalized spacial score (nSPS) is 10.4. The van der Waals surface area contributed by atoms with E-state index in [2.05, 4.69) is 25.6 Å². The summed E-state index contributed by atoms with van der Waals surface area (Å²) >= 11 is 4.74. The van der Waals surface area contributed by atoms with Gasteiger partial charge in [0.1, 0.15) is 5.00 Å². The third kappa shape index (κ3) is 2.97. The van der Waals surface area contributed by atoms with Crippen molar-refractivity contribution >= 4 is 38.2 Å². The van der Waals surface area contributed by atoms with Crippen LogP contribution in [0.1, 0.15) is 28.5 Å². The average molecular weight is 325 g/mol. The van der Waals surface area contributed by atoms with Crippen LogP contribution in [0.2, 0.25) is 0 Å². The number of benzene rings is 1. The Bertz CT molecular complexity index is 563. The fraction of sp³-hybridized carbons (Fsp3) is 0.231. The van der Waals surface area contributed by atoms with E-state index in [-0.39, 0.29) is 5.78 Å². The van der Waals surface area contributed by atoms with E-state index < -0.39 is 0 Å². The molecule has 1 N–H and O–H groups in total. The Morgan fingerprint density at radius 3 is 2.67 bits per heavy atom. The molecule has 0 saturated heterocycles. The zero-order valence-electron chi connectivity index (χ0n) is 10.2. The number of Topliss-reactive ketones (excluding diaryl/α,β-unsaturated/α-hetero) is 1. The van der Waals surface area contributed by atoms with Gasteiger partial charge in [-0.15, -0.1) is 0 Å². The van der Waals surface area contributed by atoms with Gasteiger partial charge in [-0.25, -0.2) is 0 Å². The number of anilines is 1. The van der Waals surface area contributed by atoms with Crippen molar-refractivity contribution in [2.45, 2.75) is 20.4 Å². The van der Waals surface area contributed by atoms with E-state index in [1.54, 1.807) is 6.92 Å². The highest BCUT2D eigenvalue weighted by Gasteiger charge is 2.14. The number of rotatable bonds is 4. The van der Waals surface area contributed by atoms with E-state index in [0.29, 0.717) is 12.1 Å². The van der Waals surface area contributed by atoms with Gasteiger partial charge in [0, 0.05) is 11.0 Å². The van der Waals surface area contributed by atoms with E-state index in [9.17, 15) is 4.79 Å². The Hall–Kier alpha value is -1.20. The third-order valence-electron chi connectivity index (χ3n) is 2.58. The highest BCUT2D eigenvalue weighted by Crippen LogP contribution is 2.25. The predicted molar refractivity (Wildman–Crippen MR) is 78.3 cm³/mol. The van der Waals surface area contributed by atoms with Gasteiger partial charge in [0.2, 0.25) is 0 Å². The smallest absolute Gasteiger partial charge is 0.164 e. The second-order valence-corrected chi connectivity index (χ2v) is 5.70. The first-order valence-corrected chi connectivity index (χ1v) is 7.10. The van der Waals surface area contributed by atoms with Crippen LogP contribution in [0.4, 0.5) is 5.00 Å². The molecule has 2 rings (SSSR count). The second kappa shape index (κ2) is 5.63. The summed E-state index contributed by atoms with van der Waals surface area (Å²) in [5, 5.41) is 4.12. The maximum absolute atomic E-state index is 11.5. The minimum absolute atomic E-state index is 0.0551. The molecule has 0 aliphatic heterocycles. The molecule has 0 bridgehead atoms. The number of carbonyl (C=O) groups is 1. The first-order valence-electron chi connectivity index (χ1n) is 5.53. The molecule has 0 fully saturated rings. The second-order valence-electron chi connectivity index (χ2n) is 4.01. The van der Waals surface area contributed by atoms with Crippen molar-refractivity contribution in [3.63, 3.8) is 0 Å².